The van der Waals surface area contributed by atoms with E-state index in [-0.39, 0.29) is 28.4 Å². The van der Waals surface area contributed by atoms with Crippen molar-refractivity contribution in [3.05, 3.63) is 65.2 Å². The SMILES string of the molecule is COc1ccc(C2=CC(=O)c3c(O)cccc3C2=O)cc1. The molecule has 0 unspecified atom stereocenters. The second-order valence-electron chi connectivity index (χ2n) is 4.68. The minimum atomic E-state index is -0.367. The van der Waals surface area contributed by atoms with Crippen LogP contribution >= 0.6 is 0 Å². The zero-order valence-electron chi connectivity index (χ0n) is 11.3. The van der Waals surface area contributed by atoms with Crippen LogP contribution in [0.1, 0.15) is 26.3 Å². The molecule has 0 spiro atoms. The summed E-state index contributed by atoms with van der Waals surface area (Å²) in [4.78, 5) is 24.7. The van der Waals surface area contributed by atoms with Crippen LogP contribution in [0.15, 0.2) is 48.5 Å². The Morgan fingerprint density at radius 1 is 1.00 bits per heavy atom. The summed E-state index contributed by atoms with van der Waals surface area (Å²) >= 11 is 0. The summed E-state index contributed by atoms with van der Waals surface area (Å²) < 4.78 is 5.07. The minimum absolute atomic E-state index is 0.0692. The van der Waals surface area contributed by atoms with Gasteiger partial charge in [0.05, 0.1) is 12.7 Å². The van der Waals surface area contributed by atoms with Crippen LogP contribution in [-0.2, 0) is 0 Å². The van der Waals surface area contributed by atoms with E-state index >= 15 is 0 Å². The van der Waals surface area contributed by atoms with E-state index < -0.39 is 0 Å². The van der Waals surface area contributed by atoms with Crippen molar-refractivity contribution in [1.82, 2.24) is 0 Å². The van der Waals surface area contributed by atoms with Crippen LogP contribution in [0.2, 0.25) is 0 Å². The van der Waals surface area contributed by atoms with E-state index in [1.165, 1.54) is 12.1 Å². The number of ether oxygens (including phenoxy) is 1. The number of carbonyl (C=O) groups excluding carboxylic acids is 2. The van der Waals surface area contributed by atoms with E-state index in [0.717, 1.165) is 0 Å². The molecule has 0 fully saturated rings. The molecule has 3 rings (SSSR count). The molecule has 0 amide bonds. The normalized spacial score (nSPS) is 13.7. The van der Waals surface area contributed by atoms with Crippen LogP contribution in [0.3, 0.4) is 0 Å². The standard InChI is InChI=1S/C17H12O4/c1-21-11-7-5-10(6-8-11)13-9-15(19)16-12(17(13)20)3-2-4-14(16)18/h2-9,18H,1H3. The summed E-state index contributed by atoms with van der Waals surface area (Å²) in [6.45, 7) is 0. The molecule has 4 heteroatoms. The van der Waals surface area contributed by atoms with Crippen molar-refractivity contribution in [2.45, 2.75) is 0 Å². The fraction of sp³-hybridized carbons (Fsp3) is 0.0588. The van der Waals surface area contributed by atoms with E-state index in [0.29, 0.717) is 16.9 Å². The summed E-state index contributed by atoms with van der Waals surface area (Å²) in [5.74, 6) is -0.137. The van der Waals surface area contributed by atoms with Gasteiger partial charge in [-0.1, -0.05) is 24.3 Å². The number of phenolic OH excluding ortho intramolecular Hbond substituents is 1. The van der Waals surface area contributed by atoms with Gasteiger partial charge in [0.25, 0.3) is 0 Å². The van der Waals surface area contributed by atoms with Gasteiger partial charge in [0.15, 0.2) is 11.6 Å². The monoisotopic (exact) mass is 280 g/mol. The molecule has 0 saturated heterocycles. The molecule has 0 aliphatic heterocycles. The van der Waals surface area contributed by atoms with Gasteiger partial charge in [0, 0.05) is 11.1 Å². The Hall–Kier alpha value is -2.88. The number of hydrogen-bond donors (Lipinski definition) is 1. The number of benzene rings is 2. The maximum absolute atomic E-state index is 12.5. The summed E-state index contributed by atoms with van der Waals surface area (Å²) in [7, 11) is 1.56. The average Bonchev–Trinajstić information content (AvgIpc) is 2.51. The van der Waals surface area contributed by atoms with Gasteiger partial charge < -0.3 is 9.84 Å². The van der Waals surface area contributed by atoms with Crippen LogP contribution in [0.4, 0.5) is 0 Å². The molecule has 0 bridgehead atoms. The molecule has 104 valence electrons. The van der Waals surface area contributed by atoms with Gasteiger partial charge in [-0.3, -0.25) is 9.59 Å². The van der Waals surface area contributed by atoms with Gasteiger partial charge in [-0.25, -0.2) is 0 Å². The van der Waals surface area contributed by atoms with E-state index in [4.69, 9.17) is 4.74 Å². The second-order valence-corrected chi connectivity index (χ2v) is 4.68. The second kappa shape index (κ2) is 4.90. The van der Waals surface area contributed by atoms with Crippen molar-refractivity contribution in [3.63, 3.8) is 0 Å². The highest BCUT2D eigenvalue weighted by atomic mass is 16.5. The molecule has 0 aromatic heterocycles. The number of hydrogen-bond acceptors (Lipinski definition) is 4. The van der Waals surface area contributed by atoms with Gasteiger partial charge >= 0.3 is 0 Å². The third kappa shape index (κ3) is 2.10. The third-order valence-corrected chi connectivity index (χ3v) is 3.45. The molecule has 0 radical (unpaired) electrons. The van der Waals surface area contributed by atoms with Crippen LogP contribution in [-0.4, -0.2) is 23.8 Å². The number of carbonyl (C=O) groups is 2. The molecule has 0 atom stereocenters. The quantitative estimate of drug-likeness (QED) is 0.918. The zero-order chi connectivity index (χ0) is 15.0. The molecule has 2 aromatic carbocycles. The Bertz CT molecular complexity index is 770. The first-order valence-corrected chi connectivity index (χ1v) is 6.39. The van der Waals surface area contributed by atoms with E-state index in [1.807, 2.05) is 0 Å². The molecule has 1 N–H and O–H groups in total. The Morgan fingerprint density at radius 2 is 1.71 bits per heavy atom. The molecule has 2 aromatic rings. The lowest BCUT2D eigenvalue weighted by molar-refractivity contribution is 0.0999. The lowest BCUT2D eigenvalue weighted by Gasteiger charge is -2.16. The topological polar surface area (TPSA) is 63.6 Å². The number of aromatic hydroxyl groups is 1. The number of ketones is 2. The molecular formula is C17H12O4. The summed E-state index contributed by atoms with van der Waals surface area (Å²) in [5, 5.41) is 9.75. The zero-order valence-corrected chi connectivity index (χ0v) is 11.3. The van der Waals surface area contributed by atoms with Crippen LogP contribution in [0, 0.1) is 0 Å². The van der Waals surface area contributed by atoms with Gasteiger partial charge in [-0.2, -0.15) is 0 Å². The maximum atomic E-state index is 12.5. The van der Waals surface area contributed by atoms with Gasteiger partial charge in [0.1, 0.15) is 11.5 Å². The van der Waals surface area contributed by atoms with Crippen LogP contribution in [0.25, 0.3) is 5.57 Å². The largest absolute Gasteiger partial charge is 0.507 e. The first kappa shape index (κ1) is 13.1. The van der Waals surface area contributed by atoms with Crippen molar-refractivity contribution in [2.24, 2.45) is 0 Å². The number of Topliss-reactive ketones (excluding diaryl/α,β-unsaturated/α-hetero) is 1. The first-order valence-electron chi connectivity index (χ1n) is 6.39. The van der Waals surface area contributed by atoms with Gasteiger partial charge in [-0.05, 0) is 29.8 Å². The highest BCUT2D eigenvalue weighted by Gasteiger charge is 2.28. The summed E-state index contributed by atoms with van der Waals surface area (Å²) in [6, 6.07) is 11.4. The number of rotatable bonds is 2. The molecular weight excluding hydrogens is 268 g/mol. The number of phenols is 1. The third-order valence-electron chi connectivity index (χ3n) is 3.45. The Morgan fingerprint density at radius 3 is 2.38 bits per heavy atom. The van der Waals surface area contributed by atoms with Crippen molar-refractivity contribution < 1.29 is 19.4 Å². The molecule has 21 heavy (non-hydrogen) atoms. The van der Waals surface area contributed by atoms with Gasteiger partial charge in [0.2, 0.25) is 0 Å². The molecule has 0 heterocycles. The Balaban J connectivity index is 2.10. The first-order chi connectivity index (χ1) is 10.1. The predicted molar refractivity (Wildman–Crippen MR) is 77.7 cm³/mol. The van der Waals surface area contributed by atoms with Crippen molar-refractivity contribution in [3.8, 4) is 11.5 Å². The highest BCUT2D eigenvalue weighted by Crippen LogP contribution is 2.32. The Labute approximate surface area is 121 Å². The summed E-state index contributed by atoms with van der Waals surface area (Å²) in [6.07, 6.45) is 1.27. The molecule has 1 aliphatic carbocycles. The minimum Gasteiger partial charge on any atom is -0.507 e. The fourth-order valence-electron chi connectivity index (χ4n) is 2.39. The molecule has 4 nitrogen and oxygen atoms in total. The molecule has 1 aliphatic rings. The van der Waals surface area contributed by atoms with Crippen molar-refractivity contribution >= 4 is 17.1 Å². The van der Waals surface area contributed by atoms with Crippen molar-refractivity contribution in [2.75, 3.05) is 7.11 Å². The maximum Gasteiger partial charge on any atom is 0.194 e. The van der Waals surface area contributed by atoms with Crippen LogP contribution in [0.5, 0.6) is 11.5 Å². The van der Waals surface area contributed by atoms with E-state index in [2.05, 4.69) is 0 Å². The number of methoxy groups -OCH3 is 1. The van der Waals surface area contributed by atoms with Crippen molar-refractivity contribution in [1.29, 1.82) is 0 Å². The fourth-order valence-corrected chi connectivity index (χ4v) is 2.39. The van der Waals surface area contributed by atoms with E-state index in [9.17, 15) is 14.7 Å². The Kier molecular flexibility index (Phi) is 3.06. The predicted octanol–water partition coefficient (Wildman–Crippen LogP) is 2.86. The smallest absolute Gasteiger partial charge is 0.194 e. The van der Waals surface area contributed by atoms with Crippen LogP contribution < -0.4 is 4.74 Å². The lowest BCUT2D eigenvalue weighted by Crippen LogP contribution is -2.16. The number of allylic oxidation sites excluding steroid dienone is 2. The van der Waals surface area contributed by atoms with E-state index in [1.54, 1.807) is 43.5 Å². The average molecular weight is 280 g/mol. The highest BCUT2D eigenvalue weighted by molar-refractivity contribution is 6.39. The lowest BCUT2D eigenvalue weighted by atomic mass is 9.86. The van der Waals surface area contributed by atoms with Gasteiger partial charge in [-0.15, -0.1) is 0 Å². The summed E-state index contributed by atoms with van der Waals surface area (Å²) in [5.41, 5.74) is 1.26. The molecule has 0 saturated carbocycles. The number of fused-ring (bicyclic) bond motifs is 1.